The lowest BCUT2D eigenvalue weighted by atomic mass is 10.1. The van der Waals surface area contributed by atoms with E-state index in [2.05, 4.69) is 15.5 Å². The average molecular weight is 404 g/mol. The maximum atomic E-state index is 12.6. The molecule has 0 radical (unpaired) electrons. The summed E-state index contributed by atoms with van der Waals surface area (Å²) in [7, 11) is 3.84. The van der Waals surface area contributed by atoms with Gasteiger partial charge in [0.25, 0.3) is 0 Å². The number of nitrogens with zero attached hydrogens (tertiary/aromatic N) is 5. The largest absolute Gasteiger partial charge is 0.421 e. The molecule has 0 amide bonds. The van der Waals surface area contributed by atoms with Crippen LogP contribution < -0.4 is 4.90 Å². The molecule has 9 heteroatoms. The SMILES string of the molecule is CN(C)c1ccc(C(=O)OC(=Cn2cnnn2)c2ccc(Cl)cc2Cl)cc1. The second kappa shape index (κ2) is 8.20. The smallest absolute Gasteiger partial charge is 0.343 e. The normalized spacial score (nSPS) is 11.3. The van der Waals surface area contributed by atoms with Gasteiger partial charge in [-0.25, -0.2) is 9.48 Å². The molecule has 0 saturated heterocycles. The highest BCUT2D eigenvalue weighted by molar-refractivity contribution is 6.35. The Kier molecular flexibility index (Phi) is 5.73. The Morgan fingerprint density at radius 2 is 1.89 bits per heavy atom. The topological polar surface area (TPSA) is 73.1 Å². The summed E-state index contributed by atoms with van der Waals surface area (Å²) in [6, 6.07) is 11.9. The van der Waals surface area contributed by atoms with Crippen LogP contribution in [0.3, 0.4) is 0 Å². The summed E-state index contributed by atoms with van der Waals surface area (Å²) in [5.41, 5.74) is 1.85. The van der Waals surface area contributed by atoms with Crippen molar-refractivity contribution < 1.29 is 9.53 Å². The summed E-state index contributed by atoms with van der Waals surface area (Å²) in [6.07, 6.45) is 2.82. The first-order valence-electron chi connectivity index (χ1n) is 7.83. The van der Waals surface area contributed by atoms with Crippen molar-refractivity contribution in [3.63, 3.8) is 0 Å². The first kappa shape index (κ1) is 18.9. The fourth-order valence-electron chi connectivity index (χ4n) is 2.24. The second-order valence-electron chi connectivity index (χ2n) is 5.74. The first-order chi connectivity index (χ1) is 12.9. The van der Waals surface area contributed by atoms with Crippen LogP contribution in [-0.4, -0.2) is 40.3 Å². The number of benzene rings is 2. The van der Waals surface area contributed by atoms with Crippen molar-refractivity contribution in [3.05, 3.63) is 70.0 Å². The van der Waals surface area contributed by atoms with Crippen LogP contribution in [0, 0.1) is 0 Å². The molecule has 0 bridgehead atoms. The van der Waals surface area contributed by atoms with Crippen LogP contribution in [0.5, 0.6) is 0 Å². The maximum Gasteiger partial charge on any atom is 0.343 e. The van der Waals surface area contributed by atoms with Gasteiger partial charge in [-0.2, -0.15) is 0 Å². The van der Waals surface area contributed by atoms with E-state index in [1.165, 1.54) is 17.2 Å². The number of esters is 1. The zero-order valence-electron chi connectivity index (χ0n) is 14.5. The van der Waals surface area contributed by atoms with E-state index in [9.17, 15) is 4.79 Å². The molecule has 0 aliphatic carbocycles. The van der Waals surface area contributed by atoms with E-state index in [-0.39, 0.29) is 5.76 Å². The van der Waals surface area contributed by atoms with Crippen LogP contribution in [0.4, 0.5) is 5.69 Å². The molecule has 1 aromatic heterocycles. The number of ether oxygens (including phenoxy) is 1. The average Bonchev–Trinajstić information content (AvgIpc) is 3.14. The molecule has 0 saturated carbocycles. The van der Waals surface area contributed by atoms with Crippen molar-refractivity contribution in [3.8, 4) is 0 Å². The van der Waals surface area contributed by atoms with Crippen molar-refractivity contribution >= 4 is 46.8 Å². The number of hydrogen-bond acceptors (Lipinski definition) is 6. The third-order valence-electron chi connectivity index (χ3n) is 3.63. The monoisotopic (exact) mass is 403 g/mol. The summed E-state index contributed by atoms with van der Waals surface area (Å²) < 4.78 is 6.89. The molecule has 0 aliphatic heterocycles. The number of tetrazole rings is 1. The minimum atomic E-state index is -0.536. The number of aromatic nitrogens is 4. The highest BCUT2D eigenvalue weighted by Crippen LogP contribution is 2.29. The molecule has 1 heterocycles. The second-order valence-corrected chi connectivity index (χ2v) is 6.58. The molecular weight excluding hydrogens is 389 g/mol. The zero-order chi connectivity index (χ0) is 19.4. The Balaban J connectivity index is 1.92. The van der Waals surface area contributed by atoms with E-state index in [0.29, 0.717) is 21.2 Å². The van der Waals surface area contributed by atoms with E-state index in [1.54, 1.807) is 30.3 Å². The lowest BCUT2D eigenvalue weighted by Gasteiger charge is -2.13. The molecule has 3 aromatic rings. The highest BCUT2D eigenvalue weighted by atomic mass is 35.5. The van der Waals surface area contributed by atoms with Crippen LogP contribution >= 0.6 is 23.2 Å². The summed E-state index contributed by atoms with van der Waals surface area (Å²) in [4.78, 5) is 14.5. The zero-order valence-corrected chi connectivity index (χ0v) is 16.0. The first-order valence-corrected chi connectivity index (χ1v) is 8.59. The van der Waals surface area contributed by atoms with Gasteiger partial charge in [-0.15, -0.1) is 5.10 Å². The van der Waals surface area contributed by atoms with Gasteiger partial charge in [0, 0.05) is 30.4 Å². The number of halogens is 2. The molecule has 0 fully saturated rings. The Hall–Kier alpha value is -2.90. The van der Waals surface area contributed by atoms with Crippen molar-refractivity contribution in [2.75, 3.05) is 19.0 Å². The van der Waals surface area contributed by atoms with Gasteiger partial charge in [0.2, 0.25) is 0 Å². The number of carbonyl (C=O) groups is 1. The number of hydrogen-bond donors (Lipinski definition) is 0. The fourth-order valence-corrected chi connectivity index (χ4v) is 2.74. The van der Waals surface area contributed by atoms with Crippen LogP contribution in [-0.2, 0) is 4.74 Å². The van der Waals surface area contributed by atoms with Gasteiger partial charge < -0.3 is 9.64 Å². The molecule has 0 aliphatic rings. The van der Waals surface area contributed by atoms with E-state index in [1.807, 2.05) is 31.1 Å². The molecule has 0 unspecified atom stereocenters. The van der Waals surface area contributed by atoms with Gasteiger partial charge in [0.1, 0.15) is 6.33 Å². The van der Waals surface area contributed by atoms with Crippen LogP contribution in [0.25, 0.3) is 12.0 Å². The lowest BCUT2D eigenvalue weighted by Crippen LogP contribution is -2.10. The third-order valence-corrected chi connectivity index (χ3v) is 4.18. The Bertz CT molecular complexity index is 970. The minimum absolute atomic E-state index is 0.186. The van der Waals surface area contributed by atoms with Crippen molar-refractivity contribution in [2.45, 2.75) is 0 Å². The molecule has 0 N–H and O–H groups in total. The van der Waals surface area contributed by atoms with Crippen molar-refractivity contribution in [1.29, 1.82) is 0 Å². The third kappa shape index (κ3) is 4.64. The predicted molar refractivity (Wildman–Crippen MR) is 105 cm³/mol. The Labute approximate surface area is 165 Å². The maximum absolute atomic E-state index is 12.6. The molecule has 138 valence electrons. The molecule has 27 heavy (non-hydrogen) atoms. The van der Waals surface area contributed by atoms with E-state index >= 15 is 0 Å². The summed E-state index contributed by atoms with van der Waals surface area (Å²) in [5.74, 6) is -0.351. The van der Waals surface area contributed by atoms with Gasteiger partial charge >= 0.3 is 5.97 Å². The minimum Gasteiger partial charge on any atom is -0.421 e. The predicted octanol–water partition coefficient (Wildman–Crippen LogP) is 3.86. The Morgan fingerprint density at radius 3 is 2.48 bits per heavy atom. The van der Waals surface area contributed by atoms with E-state index in [0.717, 1.165) is 5.69 Å². The molecule has 0 atom stereocenters. The van der Waals surface area contributed by atoms with Gasteiger partial charge in [-0.05, 0) is 52.9 Å². The van der Waals surface area contributed by atoms with Gasteiger partial charge in [-0.3, -0.25) is 0 Å². The molecule has 3 rings (SSSR count). The molecule has 2 aromatic carbocycles. The van der Waals surface area contributed by atoms with Crippen molar-refractivity contribution in [2.24, 2.45) is 0 Å². The van der Waals surface area contributed by atoms with Gasteiger partial charge in [-0.1, -0.05) is 23.2 Å². The highest BCUT2D eigenvalue weighted by Gasteiger charge is 2.16. The summed E-state index contributed by atoms with van der Waals surface area (Å²) in [5, 5.41) is 11.7. The quantitative estimate of drug-likeness (QED) is 0.475. The number of carbonyl (C=O) groups excluding carboxylic acids is 1. The molecular formula is C18H15Cl2N5O2. The van der Waals surface area contributed by atoms with Crippen LogP contribution in [0.2, 0.25) is 10.0 Å². The summed E-state index contributed by atoms with van der Waals surface area (Å²) in [6.45, 7) is 0. The van der Waals surface area contributed by atoms with E-state index in [4.69, 9.17) is 27.9 Å². The number of anilines is 1. The van der Waals surface area contributed by atoms with Crippen molar-refractivity contribution in [1.82, 2.24) is 20.2 Å². The number of rotatable bonds is 5. The molecule has 7 nitrogen and oxygen atoms in total. The van der Waals surface area contributed by atoms with Gasteiger partial charge in [0.05, 0.1) is 16.8 Å². The van der Waals surface area contributed by atoms with Crippen LogP contribution in [0.15, 0.2) is 48.8 Å². The standard InChI is InChI=1S/C18H15Cl2N5O2/c1-24(2)14-6-3-12(4-7-14)18(26)27-17(10-25-11-21-22-23-25)15-8-5-13(19)9-16(15)20/h3-11H,1-2H3. The van der Waals surface area contributed by atoms with Crippen LogP contribution in [0.1, 0.15) is 15.9 Å². The lowest BCUT2D eigenvalue weighted by molar-refractivity contribution is 0.0693. The fraction of sp³-hybridized carbons (Fsp3) is 0.111. The molecule has 0 spiro atoms. The van der Waals surface area contributed by atoms with Gasteiger partial charge in [0.15, 0.2) is 5.76 Å². The Morgan fingerprint density at radius 1 is 1.15 bits per heavy atom. The summed E-state index contributed by atoms with van der Waals surface area (Å²) >= 11 is 12.2. The van der Waals surface area contributed by atoms with E-state index < -0.39 is 5.97 Å².